The van der Waals surface area contributed by atoms with Gasteiger partial charge >= 0.3 is 0 Å². The monoisotopic (exact) mass is 404 g/mol. The van der Waals surface area contributed by atoms with Gasteiger partial charge in [0.2, 0.25) is 0 Å². The van der Waals surface area contributed by atoms with Gasteiger partial charge in [0.05, 0.1) is 5.69 Å². The molecule has 0 fully saturated rings. The number of nitrogens with zero attached hydrogens (tertiary/aromatic N) is 2. The van der Waals surface area contributed by atoms with Crippen molar-refractivity contribution in [1.29, 1.82) is 0 Å². The Morgan fingerprint density at radius 3 is 1.87 bits per heavy atom. The molecule has 1 aromatic heterocycles. The lowest BCUT2D eigenvalue weighted by Crippen LogP contribution is -2.03. The molecule has 150 valence electrons. The minimum Gasteiger partial charge on any atom is -0.299 e. The predicted octanol–water partition coefficient (Wildman–Crippen LogP) is 7.32. The molecule has 0 amide bonds. The maximum absolute atomic E-state index is 13.8. The van der Waals surface area contributed by atoms with Crippen LogP contribution in [0.3, 0.4) is 0 Å². The molecule has 0 aliphatic heterocycles. The minimum atomic E-state index is -0.242. The quantitative estimate of drug-likeness (QED) is 0.307. The first-order chi connectivity index (χ1) is 15.2. The van der Waals surface area contributed by atoms with E-state index in [4.69, 9.17) is 0 Å². The summed E-state index contributed by atoms with van der Waals surface area (Å²) in [6, 6.07) is 31.9. The fraction of sp³-hybridized carbons (Fsp3) is 0.0357. The highest BCUT2D eigenvalue weighted by Crippen LogP contribution is 2.38. The fourth-order valence-corrected chi connectivity index (χ4v) is 4.07. The van der Waals surface area contributed by atoms with E-state index in [1.807, 2.05) is 49.5 Å². The van der Waals surface area contributed by atoms with Crippen LogP contribution in [0.5, 0.6) is 0 Å². The van der Waals surface area contributed by atoms with Gasteiger partial charge in [-0.2, -0.15) is 0 Å². The number of rotatable bonds is 4. The van der Waals surface area contributed by atoms with Crippen molar-refractivity contribution >= 4 is 0 Å². The Balaban J connectivity index is 1.81. The van der Waals surface area contributed by atoms with E-state index in [9.17, 15) is 4.39 Å². The van der Waals surface area contributed by atoms with E-state index in [0.717, 1.165) is 44.9 Å². The van der Waals surface area contributed by atoms with Gasteiger partial charge in [-0.05, 0) is 41.8 Å². The van der Waals surface area contributed by atoms with Crippen LogP contribution in [0.4, 0.5) is 4.39 Å². The maximum atomic E-state index is 13.8. The van der Waals surface area contributed by atoms with E-state index in [2.05, 4.69) is 52.0 Å². The van der Waals surface area contributed by atoms with Crippen LogP contribution in [0.1, 0.15) is 5.56 Å². The molecule has 0 N–H and O–H groups in total. The van der Waals surface area contributed by atoms with Gasteiger partial charge in [0, 0.05) is 29.1 Å². The lowest BCUT2D eigenvalue weighted by molar-refractivity contribution is 0.627. The van der Waals surface area contributed by atoms with Crippen LogP contribution in [0.15, 0.2) is 109 Å². The molecular formula is C28H21FN2. The average Bonchev–Trinajstić information content (AvgIpc) is 3.29. The molecule has 5 rings (SSSR count). The standard InChI is InChI=1S/C28H21FN2/c1-20-19-23(29)15-16-24(20)28-30-17-18-31(28)27-25(21-9-4-2-5-10-21)13-8-14-26(27)22-11-6-3-7-12-22/h2-19H,1H3. The summed E-state index contributed by atoms with van der Waals surface area (Å²) in [5.74, 6) is 0.548. The Hall–Kier alpha value is -3.98. The highest BCUT2D eigenvalue weighted by Gasteiger charge is 2.18. The molecule has 3 heteroatoms. The summed E-state index contributed by atoms with van der Waals surface area (Å²) in [6.07, 6.45) is 3.78. The largest absolute Gasteiger partial charge is 0.299 e. The van der Waals surface area contributed by atoms with Gasteiger partial charge in [-0.1, -0.05) is 78.9 Å². The van der Waals surface area contributed by atoms with Gasteiger partial charge in [-0.15, -0.1) is 0 Å². The van der Waals surface area contributed by atoms with Crippen LogP contribution < -0.4 is 0 Å². The van der Waals surface area contributed by atoms with Crippen LogP contribution >= 0.6 is 0 Å². The second-order valence-electron chi connectivity index (χ2n) is 7.51. The first-order valence-corrected chi connectivity index (χ1v) is 10.3. The number of imidazole rings is 1. The van der Waals surface area contributed by atoms with Crippen molar-refractivity contribution in [3.05, 3.63) is 121 Å². The molecule has 0 atom stereocenters. The van der Waals surface area contributed by atoms with Crippen molar-refractivity contribution in [3.8, 4) is 39.3 Å². The molecule has 0 spiro atoms. The number of para-hydroxylation sites is 1. The fourth-order valence-electron chi connectivity index (χ4n) is 4.07. The van der Waals surface area contributed by atoms with E-state index in [1.165, 1.54) is 6.07 Å². The summed E-state index contributed by atoms with van der Waals surface area (Å²) < 4.78 is 15.9. The van der Waals surface area contributed by atoms with Crippen molar-refractivity contribution < 1.29 is 4.39 Å². The van der Waals surface area contributed by atoms with Crippen LogP contribution in [0, 0.1) is 12.7 Å². The minimum absolute atomic E-state index is 0.242. The Kier molecular flexibility index (Phi) is 4.93. The molecule has 0 radical (unpaired) electrons. The van der Waals surface area contributed by atoms with Crippen molar-refractivity contribution in [2.24, 2.45) is 0 Å². The molecular weight excluding hydrogens is 383 g/mol. The van der Waals surface area contributed by atoms with Crippen LogP contribution in [0.25, 0.3) is 39.3 Å². The molecule has 4 aromatic carbocycles. The van der Waals surface area contributed by atoms with Gasteiger partial charge in [-0.25, -0.2) is 9.37 Å². The Morgan fingerprint density at radius 1 is 0.677 bits per heavy atom. The third kappa shape index (κ3) is 3.55. The lowest BCUT2D eigenvalue weighted by Gasteiger charge is -2.19. The second kappa shape index (κ2) is 8.04. The highest BCUT2D eigenvalue weighted by atomic mass is 19.1. The number of halogens is 1. The number of aromatic nitrogens is 2. The third-order valence-corrected chi connectivity index (χ3v) is 5.52. The van der Waals surface area contributed by atoms with Gasteiger partial charge in [0.1, 0.15) is 11.6 Å². The van der Waals surface area contributed by atoms with E-state index in [0.29, 0.717) is 0 Å². The lowest BCUT2D eigenvalue weighted by atomic mass is 9.95. The zero-order chi connectivity index (χ0) is 21.2. The first-order valence-electron chi connectivity index (χ1n) is 10.3. The number of aryl methyl sites for hydroxylation is 1. The van der Waals surface area contributed by atoms with Crippen LogP contribution in [0.2, 0.25) is 0 Å². The van der Waals surface area contributed by atoms with Gasteiger partial charge in [-0.3, -0.25) is 4.57 Å². The van der Waals surface area contributed by atoms with Gasteiger partial charge < -0.3 is 0 Å². The van der Waals surface area contributed by atoms with Crippen LogP contribution in [-0.2, 0) is 0 Å². The summed E-state index contributed by atoms with van der Waals surface area (Å²) in [7, 11) is 0. The zero-order valence-electron chi connectivity index (χ0n) is 17.2. The molecule has 0 aliphatic rings. The van der Waals surface area contributed by atoms with Crippen molar-refractivity contribution in [1.82, 2.24) is 9.55 Å². The second-order valence-corrected chi connectivity index (χ2v) is 7.51. The molecule has 5 aromatic rings. The average molecular weight is 404 g/mol. The molecule has 0 saturated carbocycles. The highest BCUT2D eigenvalue weighted by molar-refractivity contribution is 5.86. The van der Waals surface area contributed by atoms with Gasteiger partial charge in [0.25, 0.3) is 0 Å². The topological polar surface area (TPSA) is 17.8 Å². The summed E-state index contributed by atoms with van der Waals surface area (Å²) in [5.41, 5.74) is 7.30. The third-order valence-electron chi connectivity index (χ3n) is 5.52. The predicted molar refractivity (Wildman–Crippen MR) is 125 cm³/mol. The van der Waals surface area contributed by atoms with Gasteiger partial charge in [0.15, 0.2) is 0 Å². The van der Waals surface area contributed by atoms with Crippen LogP contribution in [-0.4, -0.2) is 9.55 Å². The molecule has 2 nitrogen and oxygen atoms in total. The van der Waals surface area contributed by atoms with E-state index in [-0.39, 0.29) is 5.82 Å². The molecule has 0 unspecified atom stereocenters. The maximum Gasteiger partial charge on any atom is 0.144 e. The normalized spacial score (nSPS) is 10.9. The van der Waals surface area contributed by atoms with Crippen molar-refractivity contribution in [2.45, 2.75) is 6.92 Å². The Labute approximate surface area is 181 Å². The molecule has 0 bridgehead atoms. The Morgan fingerprint density at radius 2 is 1.29 bits per heavy atom. The zero-order valence-corrected chi connectivity index (χ0v) is 17.2. The molecule has 31 heavy (non-hydrogen) atoms. The molecule has 0 saturated heterocycles. The van der Waals surface area contributed by atoms with Crippen molar-refractivity contribution in [3.63, 3.8) is 0 Å². The van der Waals surface area contributed by atoms with E-state index < -0.39 is 0 Å². The summed E-state index contributed by atoms with van der Waals surface area (Å²) in [4.78, 5) is 4.66. The summed E-state index contributed by atoms with van der Waals surface area (Å²) in [5, 5.41) is 0. The summed E-state index contributed by atoms with van der Waals surface area (Å²) >= 11 is 0. The Bertz CT molecular complexity index is 1280. The SMILES string of the molecule is Cc1cc(F)ccc1-c1nccn1-c1c(-c2ccccc2)cccc1-c1ccccc1. The summed E-state index contributed by atoms with van der Waals surface area (Å²) in [6.45, 7) is 1.92. The molecule has 1 heterocycles. The number of benzene rings is 4. The van der Waals surface area contributed by atoms with Crippen molar-refractivity contribution in [2.75, 3.05) is 0 Å². The number of hydrogen-bond acceptors (Lipinski definition) is 1. The number of hydrogen-bond donors (Lipinski definition) is 0. The van der Waals surface area contributed by atoms with E-state index in [1.54, 1.807) is 18.3 Å². The smallest absolute Gasteiger partial charge is 0.144 e. The molecule has 0 aliphatic carbocycles. The van der Waals surface area contributed by atoms with E-state index >= 15 is 0 Å². The first kappa shape index (κ1) is 19.0.